The fourth-order valence-corrected chi connectivity index (χ4v) is 1.60. The predicted octanol–water partition coefficient (Wildman–Crippen LogP) is 2.36. The Morgan fingerprint density at radius 2 is 2.06 bits per heavy atom. The first-order valence-electron chi connectivity index (χ1n) is 4.67. The average molecular weight is 237 g/mol. The molecule has 0 bridgehead atoms. The molecule has 0 radical (unpaired) electrons. The van der Waals surface area contributed by atoms with E-state index < -0.39 is 5.97 Å². The number of halogens is 1. The quantitative estimate of drug-likeness (QED) is 0.860. The van der Waals surface area contributed by atoms with Gasteiger partial charge in [0.05, 0.1) is 18.3 Å². The molecule has 82 valence electrons. The smallest absolute Gasteiger partial charge is 0.309 e. The Bertz CT molecular complexity index is 505. The van der Waals surface area contributed by atoms with Crippen LogP contribution in [0.4, 0.5) is 0 Å². The fourth-order valence-electron chi connectivity index (χ4n) is 1.48. The van der Waals surface area contributed by atoms with Crippen molar-refractivity contribution < 1.29 is 9.90 Å². The van der Waals surface area contributed by atoms with Crippen LogP contribution in [0.2, 0.25) is 5.02 Å². The number of carboxylic acid groups (broad SMARTS) is 1. The van der Waals surface area contributed by atoms with Crippen molar-refractivity contribution in [3.05, 3.63) is 41.2 Å². The van der Waals surface area contributed by atoms with Gasteiger partial charge < -0.3 is 5.11 Å². The number of hydrogen-bond acceptors (Lipinski definition) is 2. The minimum Gasteiger partial charge on any atom is -0.481 e. The number of rotatable bonds is 3. The van der Waals surface area contributed by atoms with Crippen molar-refractivity contribution in [2.75, 3.05) is 0 Å². The van der Waals surface area contributed by atoms with Crippen molar-refractivity contribution >= 4 is 17.6 Å². The van der Waals surface area contributed by atoms with E-state index in [9.17, 15) is 4.79 Å². The Hall–Kier alpha value is -1.81. The molecule has 0 aliphatic carbocycles. The minimum atomic E-state index is -0.889. The summed E-state index contributed by atoms with van der Waals surface area (Å²) in [6.07, 6.45) is 1.54. The topological polar surface area (TPSA) is 66.0 Å². The summed E-state index contributed by atoms with van der Waals surface area (Å²) < 4.78 is 0. The molecule has 2 rings (SSSR count). The second kappa shape index (κ2) is 4.37. The van der Waals surface area contributed by atoms with Gasteiger partial charge in [-0.25, -0.2) is 0 Å². The number of aliphatic carboxylic acids is 1. The molecule has 16 heavy (non-hydrogen) atoms. The lowest BCUT2D eigenvalue weighted by Crippen LogP contribution is -2.01. The number of aromatic nitrogens is 2. The zero-order chi connectivity index (χ0) is 11.5. The van der Waals surface area contributed by atoms with E-state index in [1.807, 2.05) is 12.1 Å². The Morgan fingerprint density at radius 3 is 2.69 bits per heavy atom. The van der Waals surface area contributed by atoms with E-state index in [2.05, 4.69) is 10.2 Å². The van der Waals surface area contributed by atoms with Crippen molar-refractivity contribution in [1.29, 1.82) is 0 Å². The van der Waals surface area contributed by atoms with Gasteiger partial charge in [-0.1, -0.05) is 23.7 Å². The molecule has 0 aliphatic heterocycles. The van der Waals surface area contributed by atoms with Crippen molar-refractivity contribution in [2.24, 2.45) is 0 Å². The standard InChI is InChI=1S/C11H9ClN2O2/c12-8-3-1-7(2-4-8)9-6-13-14-10(9)5-11(15)16/h1-4,6H,5H2,(H,13,14)(H,15,16). The largest absolute Gasteiger partial charge is 0.481 e. The number of nitrogens with one attached hydrogen (secondary N) is 1. The summed E-state index contributed by atoms with van der Waals surface area (Å²) >= 11 is 5.78. The third-order valence-electron chi connectivity index (χ3n) is 2.20. The van der Waals surface area contributed by atoms with Crippen LogP contribution in [0.5, 0.6) is 0 Å². The van der Waals surface area contributed by atoms with Crippen LogP contribution in [-0.2, 0) is 11.2 Å². The molecule has 0 spiro atoms. The lowest BCUT2D eigenvalue weighted by Gasteiger charge is -2.01. The number of benzene rings is 1. The number of hydrogen-bond donors (Lipinski definition) is 2. The molecule has 0 amide bonds. The van der Waals surface area contributed by atoms with Crippen LogP contribution in [0.1, 0.15) is 5.69 Å². The highest BCUT2D eigenvalue weighted by atomic mass is 35.5. The van der Waals surface area contributed by atoms with Crippen LogP contribution in [0.15, 0.2) is 30.5 Å². The molecule has 0 atom stereocenters. The average Bonchev–Trinajstić information content (AvgIpc) is 2.66. The molecule has 0 fully saturated rings. The van der Waals surface area contributed by atoms with Crippen molar-refractivity contribution in [3.63, 3.8) is 0 Å². The summed E-state index contributed by atoms with van der Waals surface area (Å²) in [5, 5.41) is 15.9. The first-order chi connectivity index (χ1) is 7.66. The van der Waals surface area contributed by atoms with Crippen molar-refractivity contribution in [1.82, 2.24) is 10.2 Å². The molecule has 0 aliphatic rings. The number of H-pyrrole nitrogens is 1. The van der Waals surface area contributed by atoms with Gasteiger partial charge in [0, 0.05) is 10.6 Å². The van der Waals surface area contributed by atoms with Gasteiger partial charge in [0.15, 0.2) is 0 Å². The molecule has 1 heterocycles. The summed E-state index contributed by atoms with van der Waals surface area (Å²) in [7, 11) is 0. The second-order valence-electron chi connectivity index (χ2n) is 3.34. The number of nitrogens with zero attached hydrogens (tertiary/aromatic N) is 1. The summed E-state index contributed by atoms with van der Waals surface area (Å²) in [6.45, 7) is 0. The molecular formula is C11H9ClN2O2. The van der Waals surface area contributed by atoms with Gasteiger partial charge in [0.1, 0.15) is 0 Å². The van der Waals surface area contributed by atoms with Gasteiger partial charge in [-0.3, -0.25) is 9.89 Å². The van der Waals surface area contributed by atoms with Gasteiger partial charge in [-0.15, -0.1) is 0 Å². The first kappa shape index (κ1) is 10.7. The van der Waals surface area contributed by atoms with E-state index in [4.69, 9.17) is 16.7 Å². The molecule has 1 aromatic carbocycles. The van der Waals surface area contributed by atoms with E-state index in [-0.39, 0.29) is 6.42 Å². The first-order valence-corrected chi connectivity index (χ1v) is 5.04. The van der Waals surface area contributed by atoms with Gasteiger partial charge in [-0.2, -0.15) is 5.10 Å². The highest BCUT2D eigenvalue weighted by Gasteiger charge is 2.10. The third-order valence-corrected chi connectivity index (χ3v) is 2.45. The molecule has 4 nitrogen and oxygen atoms in total. The molecule has 2 aromatic rings. The highest BCUT2D eigenvalue weighted by molar-refractivity contribution is 6.30. The van der Waals surface area contributed by atoms with Crippen LogP contribution in [-0.4, -0.2) is 21.3 Å². The van der Waals surface area contributed by atoms with Crippen molar-refractivity contribution in [3.8, 4) is 11.1 Å². The van der Waals surface area contributed by atoms with Crippen LogP contribution in [0, 0.1) is 0 Å². The third kappa shape index (κ3) is 2.23. The maximum atomic E-state index is 10.6. The summed E-state index contributed by atoms with van der Waals surface area (Å²) in [4.78, 5) is 10.6. The van der Waals surface area contributed by atoms with E-state index in [1.165, 1.54) is 0 Å². The number of aromatic amines is 1. The SMILES string of the molecule is O=C(O)Cc1[nH]ncc1-c1ccc(Cl)cc1. The van der Waals surface area contributed by atoms with Gasteiger partial charge in [0.25, 0.3) is 0 Å². The van der Waals surface area contributed by atoms with Crippen LogP contribution < -0.4 is 0 Å². The number of carbonyl (C=O) groups is 1. The predicted molar refractivity (Wildman–Crippen MR) is 60.4 cm³/mol. The van der Waals surface area contributed by atoms with Gasteiger partial charge >= 0.3 is 5.97 Å². The van der Waals surface area contributed by atoms with E-state index in [0.29, 0.717) is 10.7 Å². The lowest BCUT2D eigenvalue weighted by molar-refractivity contribution is -0.136. The molecule has 2 N–H and O–H groups in total. The maximum absolute atomic E-state index is 10.6. The summed E-state index contributed by atoms with van der Waals surface area (Å²) in [6, 6.07) is 7.18. The molecular weight excluding hydrogens is 228 g/mol. The Kier molecular flexibility index (Phi) is 2.92. The minimum absolute atomic E-state index is 0.0715. The Morgan fingerprint density at radius 1 is 1.38 bits per heavy atom. The maximum Gasteiger partial charge on any atom is 0.309 e. The fraction of sp³-hybridized carbons (Fsp3) is 0.0909. The van der Waals surface area contributed by atoms with E-state index in [0.717, 1.165) is 11.1 Å². The zero-order valence-corrected chi connectivity index (χ0v) is 9.03. The highest BCUT2D eigenvalue weighted by Crippen LogP contribution is 2.23. The molecule has 0 unspecified atom stereocenters. The van der Waals surface area contributed by atoms with Crippen LogP contribution in [0.25, 0.3) is 11.1 Å². The normalized spacial score (nSPS) is 10.3. The monoisotopic (exact) mass is 236 g/mol. The van der Waals surface area contributed by atoms with E-state index >= 15 is 0 Å². The van der Waals surface area contributed by atoms with Crippen LogP contribution >= 0.6 is 11.6 Å². The molecule has 0 saturated heterocycles. The summed E-state index contributed by atoms with van der Waals surface area (Å²) in [5.41, 5.74) is 2.28. The Balaban J connectivity index is 2.36. The van der Waals surface area contributed by atoms with Gasteiger partial charge in [-0.05, 0) is 17.7 Å². The van der Waals surface area contributed by atoms with Crippen molar-refractivity contribution in [2.45, 2.75) is 6.42 Å². The van der Waals surface area contributed by atoms with Gasteiger partial charge in [0.2, 0.25) is 0 Å². The zero-order valence-electron chi connectivity index (χ0n) is 8.27. The van der Waals surface area contributed by atoms with Crippen LogP contribution in [0.3, 0.4) is 0 Å². The number of carboxylic acids is 1. The van der Waals surface area contributed by atoms with E-state index in [1.54, 1.807) is 18.3 Å². The summed E-state index contributed by atoms with van der Waals surface area (Å²) in [5.74, 6) is -0.889. The Labute approximate surface area is 96.9 Å². The second-order valence-corrected chi connectivity index (χ2v) is 3.78. The molecule has 1 aromatic heterocycles. The lowest BCUT2D eigenvalue weighted by atomic mass is 10.1. The molecule has 0 saturated carbocycles. The molecule has 5 heteroatoms.